The molecule has 0 saturated heterocycles. The van der Waals surface area contributed by atoms with Crippen LogP contribution in [-0.4, -0.2) is 29.3 Å². The third-order valence-corrected chi connectivity index (χ3v) is 2.83. The van der Waals surface area contributed by atoms with Crippen molar-refractivity contribution < 1.29 is 9.47 Å². The summed E-state index contributed by atoms with van der Waals surface area (Å²) in [5, 5.41) is 4.73. The first-order chi connectivity index (χ1) is 8.69. The maximum atomic E-state index is 6.15. The second-order valence-electron chi connectivity index (χ2n) is 3.62. The zero-order chi connectivity index (χ0) is 13.5. The summed E-state index contributed by atoms with van der Waals surface area (Å²) in [7, 11) is 0. The molecule has 1 heterocycles. The zero-order valence-electron chi connectivity index (χ0n) is 11.0. The molecule has 0 aliphatic heterocycles. The van der Waals surface area contributed by atoms with E-state index in [4.69, 9.17) is 26.9 Å². The number of halogens is 1. The van der Waals surface area contributed by atoms with Crippen molar-refractivity contribution in [3.05, 3.63) is 16.9 Å². The average Bonchev–Trinajstić information content (AvgIpc) is 2.73. The van der Waals surface area contributed by atoms with Crippen molar-refractivity contribution in [3.63, 3.8) is 0 Å². The average molecular weight is 277 g/mol. The second kappa shape index (κ2) is 7.70. The Morgan fingerprint density at radius 3 is 2.44 bits per heavy atom. The largest absolute Gasteiger partial charge is 0.351 e. The molecule has 0 amide bonds. The molecule has 0 radical (unpaired) electrons. The van der Waals surface area contributed by atoms with E-state index >= 15 is 0 Å². The van der Waals surface area contributed by atoms with Crippen LogP contribution in [-0.2, 0) is 16.0 Å². The van der Waals surface area contributed by atoms with Crippen molar-refractivity contribution in [2.75, 3.05) is 13.2 Å². The molecule has 6 nitrogen and oxygen atoms in total. The quantitative estimate of drug-likeness (QED) is 0.427. The Kier molecular flexibility index (Phi) is 6.59. The lowest BCUT2D eigenvalue weighted by atomic mass is 10.2. The van der Waals surface area contributed by atoms with Gasteiger partial charge in [-0.1, -0.05) is 11.6 Å². The number of nitrogens with one attached hydrogen (secondary N) is 1. The molecule has 0 spiro atoms. The van der Waals surface area contributed by atoms with E-state index in [9.17, 15) is 0 Å². The molecule has 0 saturated carbocycles. The lowest BCUT2D eigenvalue weighted by Crippen LogP contribution is -2.41. The fourth-order valence-electron chi connectivity index (χ4n) is 1.79. The number of hydrogen-bond acceptors (Lipinski definition) is 5. The molecule has 0 fully saturated rings. The van der Waals surface area contributed by atoms with Crippen LogP contribution in [0.1, 0.15) is 32.5 Å². The van der Waals surface area contributed by atoms with Gasteiger partial charge in [-0.2, -0.15) is 5.10 Å². The number of aromatic nitrogens is 2. The topological polar surface area (TPSA) is 74.3 Å². The molecular weight excluding hydrogens is 256 g/mol. The molecule has 0 aliphatic carbocycles. The minimum Gasteiger partial charge on any atom is -0.351 e. The molecule has 1 aromatic rings. The number of rotatable bonds is 8. The normalized spacial score (nSPS) is 13.2. The van der Waals surface area contributed by atoms with E-state index in [1.165, 1.54) is 0 Å². The monoisotopic (exact) mass is 276 g/mol. The van der Waals surface area contributed by atoms with Crippen LogP contribution in [0.3, 0.4) is 0 Å². The zero-order valence-corrected chi connectivity index (χ0v) is 11.8. The van der Waals surface area contributed by atoms with E-state index < -0.39 is 6.29 Å². The highest BCUT2D eigenvalue weighted by Gasteiger charge is 2.28. The first kappa shape index (κ1) is 15.4. The van der Waals surface area contributed by atoms with Gasteiger partial charge in [0.05, 0.1) is 16.9 Å². The van der Waals surface area contributed by atoms with E-state index in [0.29, 0.717) is 24.8 Å². The lowest BCUT2D eigenvalue weighted by Gasteiger charge is -2.26. The fourth-order valence-corrected chi connectivity index (χ4v) is 2.05. The Hall–Kier alpha value is -0.660. The molecule has 3 N–H and O–H groups in total. The van der Waals surface area contributed by atoms with Crippen LogP contribution in [0.15, 0.2) is 6.20 Å². The summed E-state index contributed by atoms with van der Waals surface area (Å²) in [4.78, 5) is 0. The van der Waals surface area contributed by atoms with Crippen LogP contribution in [0.25, 0.3) is 0 Å². The van der Waals surface area contributed by atoms with E-state index in [0.717, 1.165) is 5.69 Å². The standard InChI is InChI=1S/C11H21ClN4O2/c1-4-16-10(8(12)7-14-16)9(15-13)11(17-5-2)18-6-3/h7,9,11,15H,4-6,13H2,1-3H3. The first-order valence-electron chi connectivity index (χ1n) is 6.10. The van der Waals surface area contributed by atoms with Gasteiger partial charge < -0.3 is 9.47 Å². The minimum atomic E-state index is -0.496. The maximum Gasteiger partial charge on any atom is 0.179 e. The molecule has 104 valence electrons. The fraction of sp³-hybridized carbons (Fsp3) is 0.727. The molecule has 18 heavy (non-hydrogen) atoms. The summed E-state index contributed by atoms with van der Waals surface area (Å²) in [6, 6.07) is -0.361. The highest BCUT2D eigenvalue weighted by molar-refractivity contribution is 6.31. The SMILES string of the molecule is CCOC(OCC)C(NN)c1c(Cl)cnn1CC. The van der Waals surface area contributed by atoms with E-state index in [2.05, 4.69) is 10.5 Å². The summed E-state index contributed by atoms with van der Waals surface area (Å²) in [5.74, 6) is 5.61. The number of nitrogens with zero attached hydrogens (tertiary/aromatic N) is 2. The molecule has 1 rings (SSSR count). The van der Waals surface area contributed by atoms with E-state index in [1.54, 1.807) is 10.9 Å². The van der Waals surface area contributed by atoms with Crippen molar-refractivity contribution in [1.29, 1.82) is 0 Å². The van der Waals surface area contributed by atoms with Gasteiger partial charge >= 0.3 is 0 Å². The molecule has 1 atom stereocenters. The first-order valence-corrected chi connectivity index (χ1v) is 6.47. The summed E-state index contributed by atoms with van der Waals surface area (Å²) in [6.45, 7) is 7.54. The van der Waals surface area contributed by atoms with Gasteiger partial charge in [-0.25, -0.2) is 5.43 Å². The highest BCUT2D eigenvalue weighted by atomic mass is 35.5. The van der Waals surface area contributed by atoms with Gasteiger partial charge in [0, 0.05) is 19.8 Å². The Balaban J connectivity index is 3.01. The maximum absolute atomic E-state index is 6.15. The van der Waals surface area contributed by atoms with Gasteiger partial charge in [0.2, 0.25) is 0 Å². The van der Waals surface area contributed by atoms with Crippen LogP contribution in [0.4, 0.5) is 0 Å². The van der Waals surface area contributed by atoms with Crippen molar-refractivity contribution in [3.8, 4) is 0 Å². The van der Waals surface area contributed by atoms with Crippen LogP contribution in [0, 0.1) is 0 Å². The van der Waals surface area contributed by atoms with Crippen molar-refractivity contribution in [2.24, 2.45) is 5.84 Å². The van der Waals surface area contributed by atoms with E-state index in [1.807, 2.05) is 20.8 Å². The molecule has 1 aromatic heterocycles. The molecule has 0 aliphatic rings. The highest BCUT2D eigenvalue weighted by Crippen LogP contribution is 2.26. The van der Waals surface area contributed by atoms with Gasteiger partial charge in [0.15, 0.2) is 6.29 Å². The number of nitrogens with two attached hydrogens (primary N) is 1. The smallest absolute Gasteiger partial charge is 0.179 e. The molecule has 0 aromatic carbocycles. The third-order valence-electron chi connectivity index (χ3n) is 2.54. The summed E-state index contributed by atoms with van der Waals surface area (Å²) >= 11 is 6.15. The Labute approximate surface area is 112 Å². The molecule has 1 unspecified atom stereocenters. The molecule has 0 bridgehead atoms. The predicted molar refractivity (Wildman–Crippen MR) is 70.0 cm³/mol. The van der Waals surface area contributed by atoms with E-state index in [-0.39, 0.29) is 6.04 Å². The Morgan fingerprint density at radius 1 is 1.39 bits per heavy atom. The Morgan fingerprint density at radius 2 is 2.00 bits per heavy atom. The number of aryl methyl sites for hydroxylation is 1. The lowest BCUT2D eigenvalue weighted by molar-refractivity contribution is -0.156. The van der Waals surface area contributed by atoms with Gasteiger partial charge in [0.25, 0.3) is 0 Å². The predicted octanol–water partition coefficient (Wildman–Crippen LogP) is 1.46. The van der Waals surface area contributed by atoms with Crippen molar-refractivity contribution in [2.45, 2.75) is 39.6 Å². The number of hydrogen-bond donors (Lipinski definition) is 2. The van der Waals surface area contributed by atoms with Gasteiger partial charge in [-0.3, -0.25) is 10.5 Å². The van der Waals surface area contributed by atoms with Crippen LogP contribution in [0.2, 0.25) is 5.02 Å². The second-order valence-corrected chi connectivity index (χ2v) is 4.02. The molecule has 7 heteroatoms. The van der Waals surface area contributed by atoms with Crippen LogP contribution >= 0.6 is 11.6 Å². The Bertz CT molecular complexity index is 353. The van der Waals surface area contributed by atoms with Gasteiger partial charge in [0.1, 0.15) is 6.04 Å². The minimum absolute atomic E-state index is 0.361. The van der Waals surface area contributed by atoms with Crippen molar-refractivity contribution in [1.82, 2.24) is 15.2 Å². The number of hydrazine groups is 1. The van der Waals surface area contributed by atoms with Gasteiger partial charge in [-0.05, 0) is 20.8 Å². The van der Waals surface area contributed by atoms with Crippen LogP contribution in [0.5, 0.6) is 0 Å². The van der Waals surface area contributed by atoms with Crippen molar-refractivity contribution >= 4 is 11.6 Å². The number of ether oxygens (including phenoxy) is 2. The summed E-state index contributed by atoms with van der Waals surface area (Å²) in [5.41, 5.74) is 3.47. The third kappa shape index (κ3) is 3.43. The summed E-state index contributed by atoms with van der Waals surface area (Å²) < 4.78 is 12.9. The van der Waals surface area contributed by atoms with Gasteiger partial charge in [-0.15, -0.1) is 0 Å². The van der Waals surface area contributed by atoms with Crippen LogP contribution < -0.4 is 11.3 Å². The summed E-state index contributed by atoms with van der Waals surface area (Å²) in [6.07, 6.45) is 1.10. The molecular formula is C11H21ClN4O2.